The molecular weight excluding hydrogens is 282 g/mol. The molecule has 0 saturated carbocycles. The number of H-pyrrole nitrogens is 1. The first-order chi connectivity index (χ1) is 8.18. The lowest BCUT2D eigenvalue weighted by Gasteiger charge is -1.99. The highest BCUT2D eigenvalue weighted by atomic mass is 79.9. The Bertz CT molecular complexity index is 699. The highest BCUT2D eigenvalue weighted by Crippen LogP contribution is 2.38. The van der Waals surface area contributed by atoms with Crippen LogP contribution in [-0.4, -0.2) is 10.1 Å². The van der Waals surface area contributed by atoms with Crippen molar-refractivity contribution in [2.45, 2.75) is 6.92 Å². The number of nitrogen functional groups attached to an aromatic ring is 1. The molecule has 3 rings (SSSR count). The van der Waals surface area contributed by atoms with E-state index in [9.17, 15) is 0 Å². The van der Waals surface area contributed by atoms with E-state index >= 15 is 0 Å². The number of hydrogen-bond donors (Lipinski definition) is 2. The van der Waals surface area contributed by atoms with Crippen LogP contribution in [0.25, 0.3) is 22.2 Å². The Hall–Kier alpha value is -1.75. The van der Waals surface area contributed by atoms with Crippen LogP contribution in [0, 0.1) is 6.92 Å². The van der Waals surface area contributed by atoms with Gasteiger partial charge in [-0.25, -0.2) is 0 Å². The number of aromatic amines is 1. The second kappa shape index (κ2) is 3.63. The number of fused-ring (bicyclic) bond motifs is 1. The molecule has 5 heteroatoms. The van der Waals surface area contributed by atoms with Crippen LogP contribution in [0.4, 0.5) is 5.69 Å². The van der Waals surface area contributed by atoms with Crippen molar-refractivity contribution in [3.63, 3.8) is 0 Å². The van der Waals surface area contributed by atoms with Crippen LogP contribution >= 0.6 is 15.9 Å². The molecule has 2 heterocycles. The number of nitrogens with zero attached hydrogens (tertiary/aromatic N) is 1. The summed E-state index contributed by atoms with van der Waals surface area (Å²) in [4.78, 5) is 3.31. The number of halogens is 1. The summed E-state index contributed by atoms with van der Waals surface area (Å²) in [5.74, 6) is 0.612. The molecule has 0 spiro atoms. The summed E-state index contributed by atoms with van der Waals surface area (Å²) in [7, 11) is 0. The Morgan fingerprint density at radius 1 is 1.41 bits per heavy atom. The molecule has 0 aliphatic heterocycles. The molecule has 0 aliphatic carbocycles. The number of nitrogens with one attached hydrogen (secondary N) is 1. The summed E-state index contributed by atoms with van der Waals surface area (Å²) < 4.78 is 6.24. The number of rotatable bonds is 1. The van der Waals surface area contributed by atoms with Crippen molar-refractivity contribution >= 4 is 32.5 Å². The van der Waals surface area contributed by atoms with Crippen molar-refractivity contribution in [1.82, 2.24) is 10.1 Å². The molecule has 0 saturated heterocycles. The van der Waals surface area contributed by atoms with Gasteiger partial charge in [-0.2, -0.15) is 0 Å². The maximum atomic E-state index is 5.86. The second-order valence-corrected chi connectivity index (χ2v) is 4.75. The number of nitrogens with two attached hydrogens (primary N) is 1. The molecule has 0 aliphatic rings. The average molecular weight is 292 g/mol. The zero-order valence-corrected chi connectivity index (χ0v) is 10.7. The van der Waals surface area contributed by atoms with Crippen LogP contribution in [-0.2, 0) is 0 Å². The molecule has 0 bridgehead atoms. The van der Waals surface area contributed by atoms with Gasteiger partial charge in [-0.1, -0.05) is 27.2 Å². The first kappa shape index (κ1) is 10.4. The maximum absolute atomic E-state index is 5.86. The highest BCUT2D eigenvalue weighted by molar-refractivity contribution is 9.10. The molecule has 3 N–H and O–H groups in total. The molecule has 17 heavy (non-hydrogen) atoms. The SMILES string of the molecule is Cc1[nH]c2cccc(Br)c2c1-c1oncc1N. The normalized spacial score (nSPS) is 11.2. The summed E-state index contributed by atoms with van der Waals surface area (Å²) in [5, 5.41) is 4.79. The number of hydrogen-bond acceptors (Lipinski definition) is 3. The minimum Gasteiger partial charge on any atom is -0.394 e. The first-order valence-corrected chi connectivity index (χ1v) is 5.95. The van der Waals surface area contributed by atoms with E-state index in [1.54, 1.807) is 0 Å². The second-order valence-electron chi connectivity index (χ2n) is 3.90. The number of benzene rings is 1. The van der Waals surface area contributed by atoms with E-state index < -0.39 is 0 Å². The molecule has 3 aromatic rings. The van der Waals surface area contributed by atoms with E-state index in [1.807, 2.05) is 25.1 Å². The van der Waals surface area contributed by atoms with Gasteiger partial charge < -0.3 is 15.2 Å². The van der Waals surface area contributed by atoms with E-state index in [4.69, 9.17) is 10.3 Å². The van der Waals surface area contributed by atoms with Crippen molar-refractivity contribution in [3.05, 3.63) is 34.6 Å². The summed E-state index contributed by atoms with van der Waals surface area (Å²) in [5.41, 5.74) is 9.42. The van der Waals surface area contributed by atoms with Crippen LogP contribution in [0.2, 0.25) is 0 Å². The van der Waals surface area contributed by atoms with Gasteiger partial charge in [0.05, 0.1) is 11.8 Å². The van der Waals surface area contributed by atoms with Crippen LogP contribution in [0.1, 0.15) is 5.69 Å². The van der Waals surface area contributed by atoms with E-state index in [1.165, 1.54) is 6.20 Å². The zero-order chi connectivity index (χ0) is 12.0. The standard InChI is InChI=1S/C12H10BrN3O/c1-6-10(12-8(14)5-15-17-12)11-7(13)3-2-4-9(11)16-6/h2-5,16H,14H2,1H3. The van der Waals surface area contributed by atoms with Crippen molar-refractivity contribution < 1.29 is 4.52 Å². The van der Waals surface area contributed by atoms with Crippen molar-refractivity contribution in [2.24, 2.45) is 0 Å². The van der Waals surface area contributed by atoms with Gasteiger partial charge in [0.2, 0.25) is 0 Å². The Balaban J connectivity index is 2.44. The fraction of sp³-hybridized carbons (Fsp3) is 0.0833. The molecule has 0 atom stereocenters. The molecule has 0 amide bonds. The van der Waals surface area contributed by atoms with Crippen molar-refractivity contribution in [1.29, 1.82) is 0 Å². The predicted molar refractivity (Wildman–Crippen MR) is 70.6 cm³/mol. The van der Waals surface area contributed by atoms with Crippen LogP contribution in [0.5, 0.6) is 0 Å². The lowest BCUT2D eigenvalue weighted by atomic mass is 10.1. The van der Waals surface area contributed by atoms with Crippen molar-refractivity contribution in [3.8, 4) is 11.3 Å². The topological polar surface area (TPSA) is 67.8 Å². The van der Waals surface area contributed by atoms with Gasteiger partial charge in [-0.15, -0.1) is 0 Å². The maximum Gasteiger partial charge on any atom is 0.192 e. The molecule has 2 aromatic heterocycles. The van der Waals surface area contributed by atoms with Gasteiger partial charge in [0.25, 0.3) is 0 Å². The van der Waals surface area contributed by atoms with E-state index in [0.29, 0.717) is 11.4 Å². The summed E-state index contributed by atoms with van der Waals surface area (Å²) in [6.45, 7) is 1.99. The fourth-order valence-electron chi connectivity index (χ4n) is 2.06. The van der Waals surface area contributed by atoms with E-state index in [0.717, 1.165) is 26.6 Å². The minimum absolute atomic E-state index is 0.546. The number of anilines is 1. The third kappa shape index (κ3) is 1.46. The molecule has 4 nitrogen and oxygen atoms in total. The smallest absolute Gasteiger partial charge is 0.192 e. The quantitative estimate of drug-likeness (QED) is 0.721. The highest BCUT2D eigenvalue weighted by Gasteiger charge is 2.18. The lowest BCUT2D eigenvalue weighted by Crippen LogP contribution is -1.85. The Morgan fingerprint density at radius 3 is 2.94 bits per heavy atom. The molecule has 0 radical (unpaired) electrons. The van der Waals surface area contributed by atoms with E-state index in [2.05, 4.69) is 26.1 Å². The van der Waals surface area contributed by atoms with Gasteiger partial charge >= 0.3 is 0 Å². The molecule has 1 aromatic carbocycles. The largest absolute Gasteiger partial charge is 0.394 e. The number of aryl methyl sites for hydroxylation is 1. The van der Waals surface area contributed by atoms with Gasteiger partial charge in [0, 0.05) is 21.1 Å². The van der Waals surface area contributed by atoms with Gasteiger partial charge in [0.15, 0.2) is 5.76 Å². The monoisotopic (exact) mass is 291 g/mol. The average Bonchev–Trinajstić information content (AvgIpc) is 2.82. The molecule has 0 fully saturated rings. The summed E-state index contributed by atoms with van der Waals surface area (Å²) in [6.07, 6.45) is 1.52. The predicted octanol–water partition coefficient (Wildman–Crippen LogP) is 3.48. The van der Waals surface area contributed by atoms with Crippen LogP contribution in [0.15, 0.2) is 33.4 Å². The van der Waals surface area contributed by atoms with Crippen LogP contribution < -0.4 is 5.73 Å². The number of aromatic nitrogens is 2. The van der Waals surface area contributed by atoms with Crippen molar-refractivity contribution in [2.75, 3.05) is 5.73 Å². The molecular formula is C12H10BrN3O. The Labute approximate surface area is 106 Å². The third-order valence-corrected chi connectivity index (χ3v) is 3.45. The zero-order valence-electron chi connectivity index (χ0n) is 9.12. The van der Waals surface area contributed by atoms with Gasteiger partial charge in [-0.05, 0) is 19.1 Å². The minimum atomic E-state index is 0.546. The first-order valence-electron chi connectivity index (χ1n) is 5.16. The fourth-order valence-corrected chi connectivity index (χ4v) is 2.62. The molecule has 86 valence electrons. The third-order valence-electron chi connectivity index (χ3n) is 2.79. The van der Waals surface area contributed by atoms with Gasteiger partial charge in [0.1, 0.15) is 5.69 Å². The lowest BCUT2D eigenvalue weighted by molar-refractivity contribution is 0.432. The molecule has 0 unspecified atom stereocenters. The van der Waals surface area contributed by atoms with E-state index in [-0.39, 0.29) is 0 Å². The van der Waals surface area contributed by atoms with Gasteiger partial charge in [-0.3, -0.25) is 0 Å². The summed E-state index contributed by atoms with van der Waals surface area (Å²) in [6, 6.07) is 5.99. The summed E-state index contributed by atoms with van der Waals surface area (Å²) >= 11 is 3.55. The Kier molecular flexibility index (Phi) is 2.22. The Morgan fingerprint density at radius 2 is 2.24 bits per heavy atom. The van der Waals surface area contributed by atoms with Crippen LogP contribution in [0.3, 0.4) is 0 Å².